The fourth-order valence-electron chi connectivity index (χ4n) is 3.83. The van der Waals surface area contributed by atoms with Crippen molar-refractivity contribution < 1.29 is 19.1 Å². The van der Waals surface area contributed by atoms with E-state index in [1.165, 1.54) is 10.9 Å². The van der Waals surface area contributed by atoms with Crippen LogP contribution in [0, 0.1) is 11.3 Å². The number of pyridine rings is 1. The summed E-state index contributed by atoms with van der Waals surface area (Å²) >= 11 is 0. The van der Waals surface area contributed by atoms with E-state index in [-0.39, 0.29) is 28.6 Å². The Morgan fingerprint density at radius 3 is 2.69 bits per heavy atom. The van der Waals surface area contributed by atoms with Crippen LogP contribution in [-0.2, 0) is 11.8 Å². The second kappa shape index (κ2) is 9.28. The van der Waals surface area contributed by atoms with Crippen LogP contribution >= 0.6 is 0 Å². The van der Waals surface area contributed by atoms with Crippen molar-refractivity contribution in [3.05, 3.63) is 66.1 Å². The van der Waals surface area contributed by atoms with Gasteiger partial charge in [-0.1, -0.05) is 30.3 Å². The predicted molar refractivity (Wildman–Crippen MR) is 125 cm³/mol. The van der Waals surface area contributed by atoms with Gasteiger partial charge in [0.1, 0.15) is 17.3 Å². The first-order chi connectivity index (χ1) is 17.0. The number of imidazole rings is 1. The smallest absolute Gasteiger partial charge is 0.390 e. The Hall–Kier alpha value is -4.69. The number of rotatable bonds is 4. The van der Waals surface area contributed by atoms with E-state index in [1.807, 2.05) is 36.5 Å². The minimum absolute atomic E-state index is 0.00533. The third kappa shape index (κ3) is 4.42. The van der Waals surface area contributed by atoms with Crippen LogP contribution in [0.1, 0.15) is 15.9 Å². The Morgan fingerprint density at radius 1 is 1.17 bits per heavy atom. The number of nitrogens with one attached hydrogen (secondary N) is 1. The molecule has 176 valence electrons. The van der Waals surface area contributed by atoms with Crippen molar-refractivity contribution in [3.8, 4) is 23.2 Å². The largest absolute Gasteiger partial charge is 0.418 e. The van der Waals surface area contributed by atoms with Crippen molar-refractivity contribution in [1.29, 1.82) is 5.26 Å². The van der Waals surface area contributed by atoms with Gasteiger partial charge < -0.3 is 18.8 Å². The summed E-state index contributed by atoms with van der Waals surface area (Å²) in [6, 6.07) is 13.3. The molecule has 1 saturated heterocycles. The molecule has 4 heterocycles. The molecule has 0 bridgehead atoms. The summed E-state index contributed by atoms with van der Waals surface area (Å²) in [5, 5.41) is 16.3. The van der Waals surface area contributed by atoms with Gasteiger partial charge in [-0.2, -0.15) is 10.4 Å². The zero-order valence-electron chi connectivity index (χ0n) is 18.8. The Bertz CT molecular complexity index is 1450. The maximum atomic E-state index is 12.9. The zero-order valence-corrected chi connectivity index (χ0v) is 18.8. The van der Waals surface area contributed by atoms with E-state index in [2.05, 4.69) is 21.5 Å². The lowest BCUT2D eigenvalue weighted by Crippen LogP contribution is -2.40. The summed E-state index contributed by atoms with van der Waals surface area (Å²) in [5.74, 6) is -0.292. The van der Waals surface area contributed by atoms with E-state index >= 15 is 0 Å². The first-order valence-corrected chi connectivity index (χ1v) is 10.9. The molecule has 0 unspecified atom stereocenters. The molecule has 0 spiro atoms. The molecule has 11 nitrogen and oxygen atoms in total. The number of morpholine rings is 1. The summed E-state index contributed by atoms with van der Waals surface area (Å²) < 4.78 is 13.8. The molecular formula is C24H21N7O4. The quantitative estimate of drug-likeness (QED) is 0.485. The van der Waals surface area contributed by atoms with Gasteiger partial charge in [0.05, 0.1) is 36.4 Å². The number of aromatic nitrogens is 4. The van der Waals surface area contributed by atoms with Crippen molar-refractivity contribution in [2.45, 2.75) is 0 Å². The number of hydrogen-bond acceptors (Lipinski definition) is 7. The first-order valence-electron chi connectivity index (χ1n) is 10.9. The summed E-state index contributed by atoms with van der Waals surface area (Å²) in [6.07, 6.45) is 3.90. The molecule has 0 radical (unpaired) electrons. The number of ether oxygens (including phenoxy) is 2. The number of fused-ring (bicyclic) bond motifs is 1. The van der Waals surface area contributed by atoms with Gasteiger partial charge in [-0.3, -0.25) is 10.1 Å². The molecule has 2 amide bonds. The third-order valence-corrected chi connectivity index (χ3v) is 5.62. The van der Waals surface area contributed by atoms with Crippen LogP contribution in [0.3, 0.4) is 0 Å². The molecule has 5 rings (SSSR count). The average Bonchev–Trinajstić information content (AvgIpc) is 3.47. The molecule has 0 saturated carbocycles. The molecule has 1 aliphatic rings. The standard InChI is InChI=1S/C24H21N7O4/c1-29-23(18(13-26-29)22(32)30-7-9-34-10-8-30)35-24(33)28-19-11-21-27-20(16-5-3-2-4-6-16)15-31(21)14-17(19)12-25/h2-6,11,13-15H,7-10H2,1H3,(H,28,33). The number of nitrogens with zero attached hydrogens (tertiary/aromatic N) is 6. The second-order valence-electron chi connectivity index (χ2n) is 7.88. The molecule has 1 fully saturated rings. The summed E-state index contributed by atoms with van der Waals surface area (Å²) in [4.78, 5) is 31.9. The number of carbonyl (C=O) groups excluding carboxylic acids is 2. The Kier molecular flexibility index (Phi) is 5.87. The van der Waals surface area contributed by atoms with Crippen LogP contribution in [0.15, 0.2) is 55.0 Å². The molecule has 0 atom stereocenters. The van der Waals surface area contributed by atoms with Gasteiger partial charge in [-0.15, -0.1) is 0 Å². The van der Waals surface area contributed by atoms with E-state index in [0.29, 0.717) is 32.0 Å². The van der Waals surface area contributed by atoms with Gasteiger partial charge in [0, 0.05) is 44.2 Å². The van der Waals surface area contributed by atoms with Gasteiger partial charge in [0.15, 0.2) is 0 Å². The highest BCUT2D eigenvalue weighted by atomic mass is 16.6. The van der Waals surface area contributed by atoms with Crippen molar-refractivity contribution in [1.82, 2.24) is 24.1 Å². The predicted octanol–water partition coefficient (Wildman–Crippen LogP) is 2.69. The minimum Gasteiger partial charge on any atom is -0.390 e. The van der Waals surface area contributed by atoms with E-state index < -0.39 is 6.09 Å². The van der Waals surface area contributed by atoms with E-state index in [0.717, 1.165) is 11.3 Å². The maximum absolute atomic E-state index is 12.9. The van der Waals surface area contributed by atoms with Gasteiger partial charge in [-0.05, 0) is 0 Å². The number of aryl methyl sites for hydroxylation is 1. The number of nitriles is 1. The molecule has 1 aliphatic heterocycles. The van der Waals surface area contributed by atoms with Gasteiger partial charge in [-0.25, -0.2) is 14.5 Å². The summed E-state index contributed by atoms with van der Waals surface area (Å²) in [5.41, 5.74) is 2.83. The fourth-order valence-corrected chi connectivity index (χ4v) is 3.83. The zero-order chi connectivity index (χ0) is 24.4. The maximum Gasteiger partial charge on any atom is 0.418 e. The molecule has 4 aromatic rings. The fraction of sp³-hybridized carbons (Fsp3) is 0.208. The van der Waals surface area contributed by atoms with Crippen molar-refractivity contribution in [2.24, 2.45) is 7.05 Å². The highest BCUT2D eigenvalue weighted by Crippen LogP contribution is 2.24. The molecule has 1 aromatic carbocycles. The van der Waals surface area contributed by atoms with E-state index in [9.17, 15) is 14.9 Å². The Balaban J connectivity index is 1.38. The average molecular weight is 471 g/mol. The van der Waals surface area contributed by atoms with E-state index in [1.54, 1.807) is 28.6 Å². The van der Waals surface area contributed by atoms with Crippen LogP contribution < -0.4 is 10.1 Å². The number of carbonyl (C=O) groups is 2. The SMILES string of the molecule is Cn1ncc(C(=O)N2CCOCC2)c1OC(=O)Nc1cc2nc(-c3ccccc3)cn2cc1C#N. The molecular weight excluding hydrogens is 450 g/mol. The van der Waals surface area contributed by atoms with Crippen LogP contribution in [0.25, 0.3) is 16.9 Å². The van der Waals surface area contributed by atoms with Crippen LogP contribution in [0.4, 0.5) is 10.5 Å². The van der Waals surface area contributed by atoms with Gasteiger partial charge >= 0.3 is 6.09 Å². The number of amides is 2. The first kappa shape index (κ1) is 22.1. The van der Waals surface area contributed by atoms with Crippen molar-refractivity contribution in [2.75, 3.05) is 31.6 Å². The monoisotopic (exact) mass is 471 g/mol. The number of anilines is 1. The molecule has 11 heteroatoms. The van der Waals surface area contributed by atoms with Gasteiger partial charge in [0.25, 0.3) is 5.91 Å². The highest BCUT2D eigenvalue weighted by molar-refractivity contribution is 5.98. The van der Waals surface area contributed by atoms with Crippen molar-refractivity contribution >= 4 is 23.3 Å². The lowest BCUT2D eigenvalue weighted by atomic mass is 10.2. The topological polar surface area (TPSA) is 127 Å². The Labute approximate surface area is 200 Å². The molecule has 0 aliphatic carbocycles. The third-order valence-electron chi connectivity index (χ3n) is 5.62. The van der Waals surface area contributed by atoms with Crippen LogP contribution in [0.5, 0.6) is 5.88 Å². The molecule has 35 heavy (non-hydrogen) atoms. The lowest BCUT2D eigenvalue weighted by molar-refractivity contribution is 0.0301. The summed E-state index contributed by atoms with van der Waals surface area (Å²) in [6.45, 7) is 1.78. The second-order valence-corrected chi connectivity index (χ2v) is 7.88. The van der Waals surface area contributed by atoms with Crippen LogP contribution in [0.2, 0.25) is 0 Å². The molecule has 3 aromatic heterocycles. The summed E-state index contributed by atoms with van der Waals surface area (Å²) in [7, 11) is 1.57. The normalized spacial score (nSPS) is 13.4. The molecule has 1 N–H and O–H groups in total. The number of hydrogen-bond donors (Lipinski definition) is 1. The Morgan fingerprint density at radius 2 is 1.94 bits per heavy atom. The van der Waals surface area contributed by atoms with Gasteiger partial charge in [0.2, 0.25) is 5.88 Å². The van der Waals surface area contributed by atoms with Crippen LogP contribution in [-0.4, -0.2) is 62.4 Å². The van der Waals surface area contributed by atoms with E-state index in [4.69, 9.17) is 9.47 Å². The van der Waals surface area contributed by atoms with Crippen molar-refractivity contribution in [3.63, 3.8) is 0 Å². The highest BCUT2D eigenvalue weighted by Gasteiger charge is 2.26. The lowest BCUT2D eigenvalue weighted by Gasteiger charge is -2.26. The minimum atomic E-state index is -0.861. The number of benzene rings is 1.